The minimum atomic E-state index is -0.788. The van der Waals surface area contributed by atoms with Crippen molar-refractivity contribution in [2.75, 3.05) is 19.6 Å². The predicted molar refractivity (Wildman–Crippen MR) is 75.4 cm³/mol. The Kier molecular flexibility index (Phi) is 6.17. The number of hydrogen-bond acceptors (Lipinski definition) is 2. The molecule has 0 spiro atoms. The molecule has 1 aromatic rings. The summed E-state index contributed by atoms with van der Waals surface area (Å²) < 4.78 is 26.2. The maximum absolute atomic E-state index is 13.2. The lowest BCUT2D eigenvalue weighted by atomic mass is 9.95. The van der Waals surface area contributed by atoms with Gasteiger partial charge < -0.3 is 5.73 Å². The second-order valence-electron chi connectivity index (χ2n) is 5.09. The number of benzene rings is 1. The van der Waals surface area contributed by atoms with Crippen LogP contribution in [-0.2, 0) is 0 Å². The van der Waals surface area contributed by atoms with Gasteiger partial charge in [0.2, 0.25) is 0 Å². The van der Waals surface area contributed by atoms with Crippen LogP contribution in [0.4, 0.5) is 8.78 Å². The number of rotatable bonds is 3. The quantitative estimate of drug-likeness (QED) is 0.927. The van der Waals surface area contributed by atoms with E-state index in [2.05, 4.69) is 4.90 Å². The van der Waals surface area contributed by atoms with E-state index in [4.69, 9.17) is 5.73 Å². The van der Waals surface area contributed by atoms with Crippen molar-refractivity contribution in [2.24, 2.45) is 11.7 Å². The SMILES string of the molecule is CC(c1ccc(F)c(F)c1)N1CCCC(CN)C1.Cl. The third-order valence-electron chi connectivity index (χ3n) is 3.86. The molecule has 2 atom stereocenters. The highest BCUT2D eigenvalue weighted by atomic mass is 35.5. The second-order valence-corrected chi connectivity index (χ2v) is 5.09. The topological polar surface area (TPSA) is 29.3 Å². The van der Waals surface area contributed by atoms with E-state index in [-0.39, 0.29) is 18.4 Å². The third-order valence-corrected chi connectivity index (χ3v) is 3.86. The zero-order valence-electron chi connectivity index (χ0n) is 11.1. The van der Waals surface area contributed by atoms with Gasteiger partial charge in [0.1, 0.15) is 0 Å². The molecule has 108 valence electrons. The van der Waals surface area contributed by atoms with Gasteiger partial charge in [-0.25, -0.2) is 8.78 Å². The van der Waals surface area contributed by atoms with Crippen LogP contribution in [0.15, 0.2) is 18.2 Å². The normalized spacial score (nSPS) is 21.8. The lowest BCUT2D eigenvalue weighted by Crippen LogP contribution is -2.39. The minimum absolute atomic E-state index is 0. The molecule has 19 heavy (non-hydrogen) atoms. The van der Waals surface area contributed by atoms with Gasteiger partial charge in [0.25, 0.3) is 0 Å². The molecular weight excluding hydrogens is 270 g/mol. The Bertz CT molecular complexity index is 414. The fourth-order valence-electron chi connectivity index (χ4n) is 2.62. The van der Waals surface area contributed by atoms with Crippen LogP contribution >= 0.6 is 12.4 Å². The number of hydrogen-bond donors (Lipinski definition) is 1. The van der Waals surface area contributed by atoms with Gasteiger partial charge in [0.05, 0.1) is 0 Å². The summed E-state index contributed by atoms with van der Waals surface area (Å²) in [5.74, 6) is -1.04. The molecule has 0 saturated carbocycles. The van der Waals surface area contributed by atoms with Gasteiger partial charge in [-0.15, -0.1) is 12.4 Å². The Morgan fingerprint density at radius 3 is 2.74 bits per heavy atom. The molecule has 0 amide bonds. The van der Waals surface area contributed by atoms with E-state index in [9.17, 15) is 8.78 Å². The fraction of sp³-hybridized carbons (Fsp3) is 0.571. The Labute approximate surface area is 119 Å². The Morgan fingerprint density at radius 2 is 2.11 bits per heavy atom. The van der Waals surface area contributed by atoms with Crippen molar-refractivity contribution in [3.8, 4) is 0 Å². The van der Waals surface area contributed by atoms with Gasteiger partial charge in [-0.2, -0.15) is 0 Å². The summed E-state index contributed by atoms with van der Waals surface area (Å²) in [6, 6.07) is 4.27. The van der Waals surface area contributed by atoms with E-state index >= 15 is 0 Å². The number of piperidine rings is 1. The molecule has 2 nitrogen and oxygen atoms in total. The van der Waals surface area contributed by atoms with Gasteiger partial charge in [-0.1, -0.05) is 6.07 Å². The van der Waals surface area contributed by atoms with Crippen molar-refractivity contribution in [3.05, 3.63) is 35.4 Å². The van der Waals surface area contributed by atoms with E-state index in [0.29, 0.717) is 12.5 Å². The number of halogens is 3. The number of nitrogens with zero attached hydrogens (tertiary/aromatic N) is 1. The van der Waals surface area contributed by atoms with E-state index in [1.165, 1.54) is 12.1 Å². The van der Waals surface area contributed by atoms with Crippen molar-refractivity contribution in [2.45, 2.75) is 25.8 Å². The summed E-state index contributed by atoms with van der Waals surface area (Å²) >= 11 is 0. The monoisotopic (exact) mass is 290 g/mol. The molecule has 0 bridgehead atoms. The van der Waals surface area contributed by atoms with Crippen molar-refractivity contribution >= 4 is 12.4 Å². The molecule has 2 N–H and O–H groups in total. The largest absolute Gasteiger partial charge is 0.330 e. The standard InChI is InChI=1S/C14H20F2N2.ClH/c1-10(12-4-5-13(15)14(16)7-12)18-6-2-3-11(8-17)9-18;/h4-5,7,10-11H,2-3,6,8-9,17H2,1H3;1H. The summed E-state index contributed by atoms with van der Waals surface area (Å²) in [4.78, 5) is 2.30. The lowest BCUT2D eigenvalue weighted by molar-refractivity contribution is 0.134. The number of nitrogens with two attached hydrogens (primary N) is 1. The van der Waals surface area contributed by atoms with Crippen molar-refractivity contribution in [3.63, 3.8) is 0 Å². The average Bonchev–Trinajstić information content (AvgIpc) is 2.41. The van der Waals surface area contributed by atoms with E-state index in [1.807, 2.05) is 6.92 Å². The second kappa shape index (κ2) is 7.17. The van der Waals surface area contributed by atoms with Crippen LogP contribution in [0.2, 0.25) is 0 Å². The Hall–Kier alpha value is -0.710. The molecule has 1 heterocycles. The molecule has 5 heteroatoms. The minimum Gasteiger partial charge on any atom is -0.330 e. The van der Waals surface area contributed by atoms with Gasteiger partial charge in [-0.3, -0.25) is 4.90 Å². The molecule has 1 aromatic carbocycles. The van der Waals surface area contributed by atoms with Crippen LogP contribution in [0, 0.1) is 17.6 Å². The van der Waals surface area contributed by atoms with Crippen molar-refractivity contribution in [1.29, 1.82) is 0 Å². The molecule has 1 fully saturated rings. The molecule has 0 aromatic heterocycles. The van der Waals surface area contributed by atoms with Crippen molar-refractivity contribution < 1.29 is 8.78 Å². The van der Waals surface area contributed by atoms with E-state index in [1.54, 1.807) is 6.07 Å². The van der Waals surface area contributed by atoms with Gasteiger partial charge in [0, 0.05) is 12.6 Å². The highest BCUT2D eigenvalue weighted by Crippen LogP contribution is 2.27. The molecule has 1 saturated heterocycles. The fourth-order valence-corrected chi connectivity index (χ4v) is 2.62. The lowest BCUT2D eigenvalue weighted by Gasteiger charge is -2.36. The summed E-state index contributed by atoms with van der Waals surface area (Å²) in [7, 11) is 0. The van der Waals surface area contributed by atoms with Gasteiger partial charge >= 0.3 is 0 Å². The first-order chi connectivity index (χ1) is 8.61. The smallest absolute Gasteiger partial charge is 0.159 e. The average molecular weight is 291 g/mol. The first-order valence-corrected chi connectivity index (χ1v) is 6.51. The van der Waals surface area contributed by atoms with Crippen LogP contribution in [-0.4, -0.2) is 24.5 Å². The molecule has 1 aliphatic heterocycles. The molecular formula is C14H21ClF2N2. The zero-order chi connectivity index (χ0) is 13.1. The molecule has 1 aliphatic rings. The highest BCUT2D eigenvalue weighted by Gasteiger charge is 2.23. The predicted octanol–water partition coefficient (Wildman–Crippen LogP) is 3.12. The first-order valence-electron chi connectivity index (χ1n) is 6.51. The molecule has 2 unspecified atom stereocenters. The summed E-state index contributed by atoms with van der Waals surface area (Å²) in [6.45, 7) is 4.67. The maximum Gasteiger partial charge on any atom is 0.159 e. The van der Waals surface area contributed by atoms with Crippen LogP contribution in [0.25, 0.3) is 0 Å². The number of likely N-dealkylation sites (tertiary alicyclic amines) is 1. The molecule has 0 radical (unpaired) electrons. The van der Waals surface area contributed by atoms with Crippen LogP contribution in [0.5, 0.6) is 0 Å². The zero-order valence-corrected chi connectivity index (χ0v) is 11.9. The van der Waals surface area contributed by atoms with Gasteiger partial charge in [0.15, 0.2) is 11.6 Å². The van der Waals surface area contributed by atoms with Crippen LogP contribution < -0.4 is 5.73 Å². The Morgan fingerprint density at radius 1 is 1.37 bits per heavy atom. The van der Waals surface area contributed by atoms with Crippen LogP contribution in [0.1, 0.15) is 31.4 Å². The van der Waals surface area contributed by atoms with E-state index < -0.39 is 11.6 Å². The third kappa shape index (κ3) is 3.88. The molecule has 2 rings (SSSR count). The first kappa shape index (κ1) is 16.3. The maximum atomic E-state index is 13.2. The van der Waals surface area contributed by atoms with Gasteiger partial charge in [-0.05, 0) is 56.5 Å². The summed E-state index contributed by atoms with van der Waals surface area (Å²) in [6.07, 6.45) is 2.29. The summed E-state index contributed by atoms with van der Waals surface area (Å²) in [5, 5.41) is 0. The van der Waals surface area contributed by atoms with Crippen molar-refractivity contribution in [1.82, 2.24) is 4.90 Å². The Balaban J connectivity index is 0.00000180. The highest BCUT2D eigenvalue weighted by molar-refractivity contribution is 5.85. The van der Waals surface area contributed by atoms with Crippen LogP contribution in [0.3, 0.4) is 0 Å². The van der Waals surface area contributed by atoms with E-state index in [0.717, 1.165) is 31.5 Å². The summed E-state index contributed by atoms with van der Waals surface area (Å²) in [5.41, 5.74) is 6.54. The molecule has 0 aliphatic carbocycles.